The molecule has 0 bridgehead atoms. The molecule has 17 heavy (non-hydrogen) atoms. The van der Waals surface area contributed by atoms with Crippen LogP contribution in [-0.2, 0) is 0 Å². The summed E-state index contributed by atoms with van der Waals surface area (Å²) in [5.74, 6) is 0. The van der Waals surface area contributed by atoms with Crippen molar-refractivity contribution in [3.05, 3.63) is 0 Å². The third kappa shape index (κ3) is 25.9. The molecule has 2 heteroatoms. The van der Waals surface area contributed by atoms with Crippen LogP contribution in [-0.4, -0.2) is 18.3 Å². The second-order valence-electron chi connectivity index (χ2n) is 4.69. The predicted molar refractivity (Wildman–Crippen MR) is 78.3 cm³/mol. The highest BCUT2D eigenvalue weighted by Gasteiger charge is 1.91. The monoisotopic (exact) mass is 245 g/mol. The second-order valence-corrected chi connectivity index (χ2v) is 4.69. The molecule has 0 heterocycles. The van der Waals surface area contributed by atoms with Crippen LogP contribution in [0.4, 0.5) is 0 Å². The molecule has 0 atom stereocenters. The van der Waals surface area contributed by atoms with E-state index in [1.807, 2.05) is 6.92 Å². The molecule has 0 spiro atoms. The summed E-state index contributed by atoms with van der Waals surface area (Å²) in [5.41, 5.74) is 5.42. The van der Waals surface area contributed by atoms with Crippen molar-refractivity contribution >= 4 is 0 Å². The minimum Gasteiger partial charge on any atom is -0.396 e. The summed E-state index contributed by atoms with van der Waals surface area (Å²) >= 11 is 0. The third-order valence-corrected chi connectivity index (χ3v) is 2.78. The summed E-state index contributed by atoms with van der Waals surface area (Å²) in [7, 11) is 0. The van der Waals surface area contributed by atoms with Crippen molar-refractivity contribution in [1.29, 1.82) is 0 Å². The Morgan fingerprint density at radius 2 is 1.00 bits per heavy atom. The minimum atomic E-state index is 0.319. The van der Waals surface area contributed by atoms with Gasteiger partial charge in [0.1, 0.15) is 0 Å². The molecule has 0 saturated heterocycles. The predicted octanol–water partition coefficient (Wildman–Crippen LogP) is 4.25. The van der Waals surface area contributed by atoms with Crippen molar-refractivity contribution in [2.45, 2.75) is 84.5 Å². The van der Waals surface area contributed by atoms with E-state index in [1.165, 1.54) is 64.2 Å². The zero-order valence-electron chi connectivity index (χ0n) is 12.2. The Bertz CT molecular complexity index is 95.1. The fourth-order valence-corrected chi connectivity index (χ4v) is 1.63. The summed E-state index contributed by atoms with van der Waals surface area (Å²) in [6.07, 6.45) is 14.8. The zero-order valence-corrected chi connectivity index (χ0v) is 12.2. The molecule has 3 N–H and O–H groups in total. The fraction of sp³-hybridized carbons (Fsp3) is 1.00. The van der Waals surface area contributed by atoms with E-state index >= 15 is 0 Å². The van der Waals surface area contributed by atoms with E-state index in [2.05, 4.69) is 6.92 Å². The molecule has 0 amide bonds. The first-order chi connectivity index (χ1) is 8.33. The Labute approximate surface area is 109 Å². The maximum atomic E-state index is 7.88. The average Bonchev–Trinajstić information content (AvgIpc) is 2.37. The molecule has 0 radical (unpaired) electrons. The van der Waals surface area contributed by atoms with E-state index in [-0.39, 0.29) is 0 Å². The Kier molecular flexibility index (Phi) is 24.1. The van der Waals surface area contributed by atoms with Gasteiger partial charge in [0.05, 0.1) is 0 Å². The molecule has 0 aliphatic carbocycles. The highest BCUT2D eigenvalue weighted by Crippen LogP contribution is 2.09. The topological polar surface area (TPSA) is 46.2 Å². The molecule has 0 aromatic heterocycles. The van der Waals surface area contributed by atoms with Gasteiger partial charge in [-0.15, -0.1) is 0 Å². The van der Waals surface area contributed by atoms with Crippen molar-refractivity contribution in [3.8, 4) is 0 Å². The summed E-state index contributed by atoms with van der Waals surface area (Å²) in [6.45, 7) is 5.39. The maximum Gasteiger partial charge on any atom is 0.0428 e. The van der Waals surface area contributed by atoms with Gasteiger partial charge >= 0.3 is 0 Å². The number of hydrogen-bond donors (Lipinski definition) is 2. The van der Waals surface area contributed by atoms with Gasteiger partial charge in [0.2, 0.25) is 0 Å². The Hall–Kier alpha value is -0.0800. The Morgan fingerprint density at radius 3 is 1.29 bits per heavy atom. The van der Waals surface area contributed by atoms with Crippen LogP contribution in [0.5, 0.6) is 0 Å². The fourth-order valence-electron chi connectivity index (χ4n) is 1.63. The molecule has 0 saturated carbocycles. The second kappa shape index (κ2) is 21.2. The van der Waals surface area contributed by atoms with Gasteiger partial charge in [0.15, 0.2) is 0 Å². The molecule has 0 unspecified atom stereocenters. The zero-order chi connectivity index (χ0) is 13.2. The summed E-state index contributed by atoms with van der Waals surface area (Å²) in [6, 6.07) is 0. The first kappa shape index (κ1) is 19.3. The normalized spacial score (nSPS) is 9.88. The largest absolute Gasteiger partial charge is 0.396 e. The van der Waals surface area contributed by atoms with Crippen molar-refractivity contribution in [1.82, 2.24) is 0 Å². The first-order valence-electron chi connectivity index (χ1n) is 7.64. The van der Waals surface area contributed by atoms with Crippen LogP contribution in [0.25, 0.3) is 0 Å². The van der Waals surface area contributed by atoms with Crippen LogP contribution in [0, 0.1) is 0 Å². The minimum absolute atomic E-state index is 0.319. The van der Waals surface area contributed by atoms with Gasteiger partial charge in [-0.2, -0.15) is 0 Å². The lowest BCUT2D eigenvalue weighted by Gasteiger charge is -2.00. The summed E-state index contributed by atoms with van der Waals surface area (Å²) < 4.78 is 0. The third-order valence-electron chi connectivity index (χ3n) is 2.78. The molecule has 0 aliphatic rings. The van der Waals surface area contributed by atoms with E-state index in [0.717, 1.165) is 13.0 Å². The molecule has 2 nitrogen and oxygen atoms in total. The number of aliphatic hydroxyl groups is 1. The van der Waals surface area contributed by atoms with E-state index < -0.39 is 0 Å². The number of aliphatic hydroxyl groups excluding tert-OH is 1. The Balaban J connectivity index is 0. The highest BCUT2D eigenvalue weighted by atomic mass is 16.2. The average molecular weight is 245 g/mol. The smallest absolute Gasteiger partial charge is 0.0428 e. The number of nitrogens with two attached hydrogens (primary N) is 1. The molecule has 106 valence electrons. The van der Waals surface area contributed by atoms with E-state index in [1.54, 1.807) is 0 Å². The van der Waals surface area contributed by atoms with E-state index in [4.69, 9.17) is 10.8 Å². The summed E-state index contributed by atoms with van der Waals surface area (Å²) in [4.78, 5) is 0. The van der Waals surface area contributed by atoms with Gasteiger partial charge < -0.3 is 10.8 Å². The van der Waals surface area contributed by atoms with Crippen LogP contribution >= 0.6 is 0 Å². The van der Waals surface area contributed by atoms with E-state index in [9.17, 15) is 0 Å². The van der Waals surface area contributed by atoms with Crippen molar-refractivity contribution in [2.24, 2.45) is 5.73 Å². The van der Waals surface area contributed by atoms with Crippen LogP contribution < -0.4 is 5.73 Å². The standard InChI is InChI=1S/C12H27N.C3H8O/c1-2-3-4-5-6-7-8-9-10-11-12-13;1-2-3-4/h2-13H2,1H3;4H,2-3H2,1H3. The number of hydrogen-bond acceptors (Lipinski definition) is 2. The van der Waals surface area contributed by atoms with Gasteiger partial charge in [0.25, 0.3) is 0 Å². The molecular weight excluding hydrogens is 210 g/mol. The summed E-state index contributed by atoms with van der Waals surface area (Å²) in [5, 5.41) is 7.88. The quantitative estimate of drug-likeness (QED) is 0.534. The van der Waals surface area contributed by atoms with Crippen LogP contribution in [0.1, 0.15) is 84.5 Å². The Morgan fingerprint density at radius 1 is 0.647 bits per heavy atom. The molecule has 0 fully saturated rings. The van der Waals surface area contributed by atoms with Gasteiger partial charge in [-0.25, -0.2) is 0 Å². The number of unbranched alkanes of at least 4 members (excludes halogenated alkanes) is 9. The molecular formula is C15H35NO. The SMILES string of the molecule is CCCCCCCCCCCCN.CCCO. The van der Waals surface area contributed by atoms with Crippen LogP contribution in [0.3, 0.4) is 0 Å². The number of rotatable bonds is 11. The van der Waals surface area contributed by atoms with Crippen LogP contribution in [0.15, 0.2) is 0 Å². The molecule has 0 aliphatic heterocycles. The van der Waals surface area contributed by atoms with Crippen molar-refractivity contribution < 1.29 is 5.11 Å². The van der Waals surface area contributed by atoms with Gasteiger partial charge in [0, 0.05) is 6.61 Å². The van der Waals surface area contributed by atoms with Crippen LogP contribution in [0.2, 0.25) is 0 Å². The van der Waals surface area contributed by atoms with Gasteiger partial charge in [-0.05, 0) is 19.4 Å². The first-order valence-corrected chi connectivity index (χ1v) is 7.64. The molecule has 0 rings (SSSR count). The van der Waals surface area contributed by atoms with E-state index in [0.29, 0.717) is 6.61 Å². The maximum absolute atomic E-state index is 7.88. The highest BCUT2D eigenvalue weighted by molar-refractivity contribution is 4.47. The lowest BCUT2D eigenvalue weighted by molar-refractivity contribution is 0.295. The van der Waals surface area contributed by atoms with Gasteiger partial charge in [-0.3, -0.25) is 0 Å². The lowest BCUT2D eigenvalue weighted by atomic mass is 10.1. The van der Waals surface area contributed by atoms with Crippen molar-refractivity contribution in [2.75, 3.05) is 13.2 Å². The molecule has 0 aromatic rings. The molecule has 0 aromatic carbocycles. The van der Waals surface area contributed by atoms with Gasteiger partial charge in [-0.1, -0.05) is 71.6 Å². The lowest BCUT2D eigenvalue weighted by Crippen LogP contribution is -1.97. The van der Waals surface area contributed by atoms with Crippen molar-refractivity contribution in [3.63, 3.8) is 0 Å².